The fourth-order valence-corrected chi connectivity index (χ4v) is 2.74. The molecule has 3 heterocycles. The highest BCUT2D eigenvalue weighted by Gasteiger charge is 2.37. The number of hydrogen-bond donors (Lipinski definition) is 2. The third-order valence-corrected chi connectivity index (χ3v) is 3.91. The average molecular weight is 285 g/mol. The Morgan fingerprint density at radius 2 is 2.19 bits per heavy atom. The minimum atomic E-state index is -1.08. The van der Waals surface area contributed by atoms with E-state index in [4.69, 9.17) is 8.94 Å². The smallest absolute Gasteiger partial charge is 0.260 e. The number of aliphatic hydroxyl groups is 1. The number of benzene rings is 1. The molecule has 2 aromatic heterocycles. The summed E-state index contributed by atoms with van der Waals surface area (Å²) in [6.07, 6.45) is 3.11. The second-order valence-electron chi connectivity index (χ2n) is 5.38. The summed E-state index contributed by atoms with van der Waals surface area (Å²) in [6.45, 7) is 1.33. The number of hydrogen-bond acceptors (Lipinski definition) is 6. The number of piperidine rings is 1. The van der Waals surface area contributed by atoms with Crippen molar-refractivity contribution in [2.45, 2.75) is 18.4 Å². The lowest BCUT2D eigenvalue weighted by atomic mass is 9.94. The van der Waals surface area contributed by atoms with Gasteiger partial charge in [0.25, 0.3) is 5.89 Å². The van der Waals surface area contributed by atoms with Crippen molar-refractivity contribution >= 4 is 11.0 Å². The molecular weight excluding hydrogens is 270 g/mol. The molecule has 1 aliphatic heterocycles. The molecule has 0 bridgehead atoms. The predicted molar refractivity (Wildman–Crippen MR) is 75.5 cm³/mol. The van der Waals surface area contributed by atoms with Crippen molar-refractivity contribution in [2.24, 2.45) is 0 Å². The maximum Gasteiger partial charge on any atom is 0.260 e. The van der Waals surface area contributed by atoms with E-state index < -0.39 is 5.60 Å². The van der Waals surface area contributed by atoms with Crippen LogP contribution < -0.4 is 5.32 Å². The lowest BCUT2D eigenvalue weighted by Crippen LogP contribution is -2.43. The number of aromatic nitrogens is 2. The van der Waals surface area contributed by atoms with Crippen molar-refractivity contribution in [1.29, 1.82) is 0 Å². The minimum absolute atomic E-state index is 0.259. The van der Waals surface area contributed by atoms with Crippen LogP contribution in [0, 0.1) is 0 Å². The molecule has 1 aliphatic rings. The third-order valence-electron chi connectivity index (χ3n) is 3.91. The molecule has 1 unspecified atom stereocenters. The van der Waals surface area contributed by atoms with Crippen molar-refractivity contribution in [3.8, 4) is 11.4 Å². The number of para-hydroxylation sites is 1. The Hall–Kier alpha value is -2.18. The van der Waals surface area contributed by atoms with Gasteiger partial charge in [-0.2, -0.15) is 4.98 Å². The summed E-state index contributed by atoms with van der Waals surface area (Å²) in [6, 6.07) is 7.67. The van der Waals surface area contributed by atoms with Crippen LogP contribution in [0.2, 0.25) is 0 Å². The van der Waals surface area contributed by atoms with Gasteiger partial charge in [0.15, 0.2) is 5.60 Å². The van der Waals surface area contributed by atoms with Crippen LogP contribution in [-0.4, -0.2) is 28.3 Å². The summed E-state index contributed by atoms with van der Waals surface area (Å²) in [4.78, 5) is 4.37. The molecule has 6 heteroatoms. The zero-order chi connectivity index (χ0) is 14.3. The second-order valence-corrected chi connectivity index (χ2v) is 5.38. The largest absolute Gasteiger partial charge is 0.464 e. The molecule has 108 valence electrons. The van der Waals surface area contributed by atoms with Gasteiger partial charge < -0.3 is 19.4 Å². The zero-order valence-corrected chi connectivity index (χ0v) is 11.4. The van der Waals surface area contributed by atoms with E-state index in [0.717, 1.165) is 29.5 Å². The fraction of sp³-hybridized carbons (Fsp3) is 0.333. The maximum atomic E-state index is 10.6. The van der Waals surface area contributed by atoms with Gasteiger partial charge in [-0.25, -0.2) is 0 Å². The Kier molecular flexibility index (Phi) is 2.80. The van der Waals surface area contributed by atoms with Crippen LogP contribution in [0.15, 0.2) is 39.5 Å². The van der Waals surface area contributed by atoms with Crippen LogP contribution in [0.25, 0.3) is 22.4 Å². The third kappa shape index (κ3) is 2.03. The van der Waals surface area contributed by atoms with Crippen molar-refractivity contribution in [1.82, 2.24) is 15.5 Å². The zero-order valence-electron chi connectivity index (χ0n) is 11.4. The van der Waals surface area contributed by atoms with Gasteiger partial charge in [0.1, 0.15) is 11.8 Å². The first-order valence-corrected chi connectivity index (χ1v) is 7.00. The Balaban J connectivity index is 1.74. The summed E-state index contributed by atoms with van der Waals surface area (Å²) in [7, 11) is 0. The molecule has 0 spiro atoms. The van der Waals surface area contributed by atoms with E-state index in [9.17, 15) is 5.11 Å². The molecule has 1 fully saturated rings. The molecule has 0 radical (unpaired) electrons. The number of fused-ring (bicyclic) bond motifs is 1. The molecule has 1 aromatic carbocycles. The summed E-state index contributed by atoms with van der Waals surface area (Å²) in [5.41, 5.74) is 0.466. The number of furan rings is 1. The molecule has 0 amide bonds. The molecule has 1 saturated heterocycles. The van der Waals surface area contributed by atoms with Crippen molar-refractivity contribution in [3.63, 3.8) is 0 Å². The summed E-state index contributed by atoms with van der Waals surface area (Å²) < 4.78 is 10.8. The van der Waals surface area contributed by atoms with Gasteiger partial charge in [-0.05, 0) is 25.5 Å². The fourth-order valence-electron chi connectivity index (χ4n) is 2.74. The first kappa shape index (κ1) is 12.6. The normalized spacial score (nSPS) is 22.7. The molecule has 21 heavy (non-hydrogen) atoms. The maximum absolute atomic E-state index is 10.6. The quantitative estimate of drug-likeness (QED) is 0.749. The predicted octanol–water partition coefficient (Wildman–Crippen LogP) is 2.05. The number of rotatable bonds is 2. The minimum Gasteiger partial charge on any atom is -0.464 e. The molecular formula is C15H15N3O3. The van der Waals surface area contributed by atoms with Crippen LogP contribution in [0.1, 0.15) is 18.7 Å². The first-order valence-electron chi connectivity index (χ1n) is 7.00. The van der Waals surface area contributed by atoms with E-state index in [1.807, 2.05) is 24.3 Å². The molecule has 4 rings (SSSR count). The molecule has 6 nitrogen and oxygen atoms in total. The van der Waals surface area contributed by atoms with E-state index in [1.165, 1.54) is 0 Å². The van der Waals surface area contributed by atoms with Crippen molar-refractivity contribution in [2.75, 3.05) is 13.1 Å². The van der Waals surface area contributed by atoms with E-state index in [-0.39, 0.29) is 5.89 Å². The summed E-state index contributed by atoms with van der Waals surface area (Å²) in [5, 5.41) is 18.7. The molecule has 0 aliphatic carbocycles. The van der Waals surface area contributed by atoms with E-state index >= 15 is 0 Å². The van der Waals surface area contributed by atoms with Crippen LogP contribution in [0.5, 0.6) is 0 Å². The van der Waals surface area contributed by atoms with Gasteiger partial charge in [0, 0.05) is 11.9 Å². The highest BCUT2D eigenvalue weighted by atomic mass is 16.5. The number of nitrogens with zero attached hydrogens (tertiary/aromatic N) is 2. The second kappa shape index (κ2) is 4.68. The van der Waals surface area contributed by atoms with Crippen LogP contribution in [0.4, 0.5) is 0 Å². The van der Waals surface area contributed by atoms with Crippen LogP contribution >= 0.6 is 0 Å². The standard InChI is InChI=1S/C15H15N3O3/c19-15(6-3-7-16-9-15)14-17-13(18-21-14)11-8-20-12-5-2-1-4-10(11)12/h1-2,4-5,8,16,19H,3,6-7,9H2. The van der Waals surface area contributed by atoms with E-state index in [2.05, 4.69) is 15.5 Å². The van der Waals surface area contributed by atoms with Gasteiger partial charge in [-0.1, -0.05) is 23.4 Å². The Morgan fingerprint density at radius 3 is 3.05 bits per heavy atom. The molecule has 2 N–H and O–H groups in total. The topological polar surface area (TPSA) is 84.3 Å². The SMILES string of the molecule is OC1(c2nc(-c3coc4ccccc34)no2)CCCNC1. The highest BCUT2D eigenvalue weighted by molar-refractivity contribution is 5.91. The van der Waals surface area contributed by atoms with Gasteiger partial charge in [0.05, 0.1) is 5.56 Å². The van der Waals surface area contributed by atoms with Gasteiger partial charge >= 0.3 is 0 Å². The van der Waals surface area contributed by atoms with Crippen LogP contribution in [-0.2, 0) is 5.60 Å². The number of nitrogens with one attached hydrogen (secondary N) is 1. The summed E-state index contributed by atoms with van der Waals surface area (Å²) >= 11 is 0. The molecule has 3 aromatic rings. The Morgan fingerprint density at radius 1 is 1.29 bits per heavy atom. The monoisotopic (exact) mass is 285 g/mol. The van der Waals surface area contributed by atoms with E-state index in [0.29, 0.717) is 18.8 Å². The first-order chi connectivity index (χ1) is 10.3. The molecule has 0 saturated carbocycles. The van der Waals surface area contributed by atoms with Gasteiger partial charge in [-0.3, -0.25) is 0 Å². The Labute approximate surface area is 120 Å². The highest BCUT2D eigenvalue weighted by Crippen LogP contribution is 2.32. The number of β-amino-alcohol motifs (C(OH)–C–C–N with tert-alkyl or cyclic N) is 1. The summed E-state index contributed by atoms with van der Waals surface area (Å²) in [5.74, 6) is 0.698. The van der Waals surface area contributed by atoms with Gasteiger partial charge in [0.2, 0.25) is 5.82 Å². The Bertz CT molecular complexity index is 771. The van der Waals surface area contributed by atoms with E-state index in [1.54, 1.807) is 6.26 Å². The van der Waals surface area contributed by atoms with Crippen LogP contribution in [0.3, 0.4) is 0 Å². The van der Waals surface area contributed by atoms with Crippen molar-refractivity contribution in [3.05, 3.63) is 36.4 Å². The van der Waals surface area contributed by atoms with Gasteiger partial charge in [-0.15, -0.1) is 0 Å². The van der Waals surface area contributed by atoms with Crippen molar-refractivity contribution < 1.29 is 14.0 Å². The lowest BCUT2D eigenvalue weighted by molar-refractivity contribution is -0.0167. The average Bonchev–Trinajstić information content (AvgIpc) is 3.15. The lowest BCUT2D eigenvalue weighted by Gasteiger charge is -2.28. The molecule has 1 atom stereocenters.